The average molecular weight is 320 g/mol. The lowest BCUT2D eigenvalue weighted by Crippen LogP contribution is -1.97. The van der Waals surface area contributed by atoms with Crippen molar-refractivity contribution in [1.82, 2.24) is 0 Å². The monoisotopic (exact) mass is 320 g/mol. The third-order valence-corrected chi connectivity index (χ3v) is 4.42. The molecule has 124 valence electrons. The second kappa shape index (κ2) is 7.96. The molecule has 0 radical (unpaired) electrons. The molecule has 2 heteroatoms. The van der Waals surface area contributed by atoms with E-state index in [9.17, 15) is 4.79 Å². The van der Waals surface area contributed by atoms with E-state index in [0.717, 1.165) is 47.5 Å². The van der Waals surface area contributed by atoms with Crippen LogP contribution in [0.15, 0.2) is 54.1 Å². The van der Waals surface area contributed by atoms with Crippen molar-refractivity contribution in [1.29, 1.82) is 0 Å². The predicted octanol–water partition coefficient (Wildman–Crippen LogP) is 5.47. The highest BCUT2D eigenvalue weighted by atomic mass is 16.5. The summed E-state index contributed by atoms with van der Waals surface area (Å²) in [7, 11) is 0. The Kier molecular flexibility index (Phi) is 5.47. The smallest absolute Gasteiger partial charge is 0.189 e. The van der Waals surface area contributed by atoms with E-state index in [1.165, 1.54) is 19.3 Å². The molecule has 0 aromatic heterocycles. The van der Waals surface area contributed by atoms with Gasteiger partial charge in [-0.2, -0.15) is 0 Å². The van der Waals surface area contributed by atoms with E-state index < -0.39 is 0 Å². The van der Waals surface area contributed by atoms with Gasteiger partial charge in [0, 0.05) is 17.6 Å². The Balaban J connectivity index is 1.60. The second-order valence-corrected chi connectivity index (χ2v) is 6.31. The zero-order valence-corrected chi connectivity index (χ0v) is 14.3. The largest absolute Gasteiger partial charge is 0.494 e. The van der Waals surface area contributed by atoms with Gasteiger partial charge in [0.25, 0.3) is 0 Å². The zero-order valence-electron chi connectivity index (χ0n) is 14.3. The highest BCUT2D eigenvalue weighted by molar-refractivity contribution is 6.15. The van der Waals surface area contributed by atoms with Crippen LogP contribution in [-0.4, -0.2) is 12.4 Å². The molecule has 24 heavy (non-hydrogen) atoms. The maximum atomic E-state index is 12.4. The average Bonchev–Trinajstić information content (AvgIpc) is 2.92. The Labute approximate surface area is 144 Å². The van der Waals surface area contributed by atoms with E-state index in [4.69, 9.17) is 4.74 Å². The van der Waals surface area contributed by atoms with E-state index in [1.54, 1.807) is 0 Å². The van der Waals surface area contributed by atoms with Gasteiger partial charge in [0.1, 0.15) is 5.75 Å². The summed E-state index contributed by atoms with van der Waals surface area (Å²) in [6.07, 6.45) is 7.56. The Morgan fingerprint density at radius 3 is 2.54 bits per heavy atom. The molecule has 0 fully saturated rings. The number of hydrogen-bond acceptors (Lipinski definition) is 2. The maximum absolute atomic E-state index is 12.4. The van der Waals surface area contributed by atoms with Crippen LogP contribution in [0.25, 0.3) is 6.08 Å². The van der Waals surface area contributed by atoms with Crippen LogP contribution in [0.2, 0.25) is 0 Å². The van der Waals surface area contributed by atoms with Crippen LogP contribution >= 0.6 is 0 Å². The van der Waals surface area contributed by atoms with Gasteiger partial charge < -0.3 is 4.74 Å². The van der Waals surface area contributed by atoms with Gasteiger partial charge in [-0.3, -0.25) is 4.79 Å². The number of fused-ring (bicyclic) bond motifs is 1. The molecular weight excluding hydrogens is 296 g/mol. The molecule has 2 aromatic carbocycles. The molecule has 0 atom stereocenters. The van der Waals surface area contributed by atoms with Crippen molar-refractivity contribution in [2.75, 3.05) is 6.61 Å². The third kappa shape index (κ3) is 3.94. The summed E-state index contributed by atoms with van der Waals surface area (Å²) >= 11 is 0. The normalized spacial score (nSPS) is 14.9. The molecule has 0 heterocycles. The van der Waals surface area contributed by atoms with Crippen molar-refractivity contribution in [2.45, 2.75) is 39.0 Å². The molecule has 0 unspecified atom stereocenters. The van der Waals surface area contributed by atoms with Crippen LogP contribution < -0.4 is 4.74 Å². The van der Waals surface area contributed by atoms with Crippen molar-refractivity contribution in [3.05, 3.63) is 70.8 Å². The van der Waals surface area contributed by atoms with Gasteiger partial charge in [-0.05, 0) is 35.8 Å². The first kappa shape index (κ1) is 16.5. The van der Waals surface area contributed by atoms with E-state index in [0.29, 0.717) is 0 Å². The fourth-order valence-corrected chi connectivity index (χ4v) is 3.05. The summed E-state index contributed by atoms with van der Waals surface area (Å²) in [5.74, 6) is 1.05. The fraction of sp³-hybridized carbons (Fsp3) is 0.318. The van der Waals surface area contributed by atoms with E-state index in [-0.39, 0.29) is 5.78 Å². The molecule has 0 spiro atoms. The molecule has 0 saturated heterocycles. The first-order chi connectivity index (χ1) is 11.8. The highest BCUT2D eigenvalue weighted by Crippen LogP contribution is 2.27. The lowest BCUT2D eigenvalue weighted by Gasteiger charge is -2.06. The molecular formula is C22H24O2. The summed E-state index contributed by atoms with van der Waals surface area (Å²) in [6.45, 7) is 2.98. The first-order valence-electron chi connectivity index (χ1n) is 8.84. The number of allylic oxidation sites excluding steroid dienone is 1. The van der Waals surface area contributed by atoms with Gasteiger partial charge >= 0.3 is 0 Å². The summed E-state index contributed by atoms with van der Waals surface area (Å²) in [5.41, 5.74) is 3.88. The first-order valence-corrected chi connectivity index (χ1v) is 8.84. The number of Topliss-reactive ketones (excluding diaryl/α,β-unsaturated/α-hetero) is 1. The van der Waals surface area contributed by atoms with Crippen LogP contribution in [0.4, 0.5) is 0 Å². The number of benzene rings is 2. The quantitative estimate of drug-likeness (QED) is 0.499. The van der Waals surface area contributed by atoms with Crippen LogP contribution in [0.5, 0.6) is 5.75 Å². The predicted molar refractivity (Wildman–Crippen MR) is 98.5 cm³/mol. The molecule has 0 bridgehead atoms. The molecule has 2 aromatic rings. The number of ether oxygens (including phenoxy) is 1. The van der Waals surface area contributed by atoms with Crippen LogP contribution in [0.1, 0.15) is 54.1 Å². The summed E-state index contributed by atoms with van der Waals surface area (Å²) < 4.78 is 5.76. The lowest BCUT2D eigenvalue weighted by atomic mass is 10.1. The number of unbranched alkanes of at least 4 members (excludes halogenated alkanes) is 3. The molecule has 0 aliphatic heterocycles. The van der Waals surface area contributed by atoms with Gasteiger partial charge in [0.05, 0.1) is 6.61 Å². The van der Waals surface area contributed by atoms with E-state index >= 15 is 0 Å². The summed E-state index contributed by atoms with van der Waals surface area (Å²) in [4.78, 5) is 12.4. The highest BCUT2D eigenvalue weighted by Gasteiger charge is 2.23. The van der Waals surface area contributed by atoms with Crippen molar-refractivity contribution < 1.29 is 9.53 Å². The van der Waals surface area contributed by atoms with Crippen LogP contribution in [0.3, 0.4) is 0 Å². The number of hydrogen-bond donors (Lipinski definition) is 0. The molecule has 0 amide bonds. The molecule has 2 nitrogen and oxygen atoms in total. The van der Waals surface area contributed by atoms with Crippen LogP contribution in [-0.2, 0) is 6.42 Å². The number of rotatable bonds is 7. The molecule has 0 saturated carbocycles. The standard InChI is InChI=1S/C22H24O2/c1-2-3-4-7-14-24-20-12-10-17(11-13-20)15-19-16-18-8-5-6-9-21(18)22(19)23/h5-6,8-13,15H,2-4,7,14,16H2,1H3/b19-15-. The topological polar surface area (TPSA) is 26.3 Å². The Morgan fingerprint density at radius 2 is 1.79 bits per heavy atom. The Hall–Kier alpha value is -2.35. The van der Waals surface area contributed by atoms with Crippen molar-refractivity contribution in [3.8, 4) is 5.75 Å². The van der Waals surface area contributed by atoms with Crippen molar-refractivity contribution in [2.24, 2.45) is 0 Å². The van der Waals surface area contributed by atoms with Gasteiger partial charge in [0.15, 0.2) is 5.78 Å². The minimum atomic E-state index is 0.154. The summed E-state index contributed by atoms with van der Waals surface area (Å²) in [5, 5.41) is 0. The van der Waals surface area contributed by atoms with Gasteiger partial charge in [-0.1, -0.05) is 62.6 Å². The third-order valence-electron chi connectivity index (χ3n) is 4.42. The number of ketones is 1. The molecule has 3 rings (SSSR count). The number of carbonyl (C=O) groups excluding carboxylic acids is 1. The lowest BCUT2D eigenvalue weighted by molar-refractivity contribution is 0.104. The van der Waals surface area contributed by atoms with E-state index in [2.05, 4.69) is 6.92 Å². The van der Waals surface area contributed by atoms with Gasteiger partial charge in [-0.15, -0.1) is 0 Å². The molecule has 1 aliphatic carbocycles. The SMILES string of the molecule is CCCCCCOc1ccc(/C=C2/Cc3ccccc3C2=O)cc1. The maximum Gasteiger partial charge on any atom is 0.189 e. The van der Waals surface area contributed by atoms with Gasteiger partial charge in [-0.25, -0.2) is 0 Å². The Bertz CT molecular complexity index is 726. The molecule has 0 N–H and O–H groups in total. The van der Waals surface area contributed by atoms with Crippen molar-refractivity contribution >= 4 is 11.9 Å². The van der Waals surface area contributed by atoms with Crippen LogP contribution in [0, 0.1) is 0 Å². The van der Waals surface area contributed by atoms with E-state index in [1.807, 2.05) is 54.6 Å². The zero-order chi connectivity index (χ0) is 16.8. The summed E-state index contributed by atoms with van der Waals surface area (Å²) in [6, 6.07) is 15.9. The second-order valence-electron chi connectivity index (χ2n) is 6.31. The molecule has 1 aliphatic rings. The van der Waals surface area contributed by atoms with Gasteiger partial charge in [0.2, 0.25) is 0 Å². The minimum absolute atomic E-state index is 0.154. The minimum Gasteiger partial charge on any atom is -0.494 e. The van der Waals surface area contributed by atoms with Crippen molar-refractivity contribution in [3.63, 3.8) is 0 Å². The fourth-order valence-electron chi connectivity index (χ4n) is 3.05. The number of carbonyl (C=O) groups is 1. The Morgan fingerprint density at radius 1 is 1.00 bits per heavy atom.